The molecule has 0 aromatic rings. The fraction of sp³-hybridized carbons (Fsp3) is 0.750. The van der Waals surface area contributed by atoms with Gasteiger partial charge in [-0.1, -0.05) is 0 Å². The van der Waals surface area contributed by atoms with Gasteiger partial charge >= 0.3 is 5.97 Å². The van der Waals surface area contributed by atoms with Crippen molar-refractivity contribution in [1.82, 2.24) is 0 Å². The normalized spacial score (nSPS) is 9.12. The van der Waals surface area contributed by atoms with Crippen LogP contribution in [0.3, 0.4) is 0 Å². The van der Waals surface area contributed by atoms with E-state index in [0.29, 0.717) is 6.16 Å². The molecule has 0 amide bonds. The summed E-state index contributed by atoms with van der Waals surface area (Å²) < 4.78 is 14.0. The minimum atomic E-state index is -0.312. The summed E-state index contributed by atoms with van der Waals surface area (Å²) in [5.41, 5.74) is 0. The summed E-state index contributed by atoms with van der Waals surface area (Å²) in [6.07, 6.45) is 0.591. The lowest BCUT2D eigenvalue weighted by Gasteiger charge is -1.90. The molecule has 0 aromatic carbocycles. The van der Waals surface area contributed by atoms with Gasteiger partial charge in [-0.3, -0.25) is 9.36 Å². The van der Waals surface area contributed by atoms with Crippen LogP contribution in [0.1, 0.15) is 6.42 Å². The van der Waals surface area contributed by atoms with Crippen molar-refractivity contribution < 1.29 is 14.1 Å². The van der Waals surface area contributed by atoms with Gasteiger partial charge in [-0.15, -0.1) is 0 Å². The zero-order chi connectivity index (χ0) is 6.41. The van der Waals surface area contributed by atoms with Crippen LogP contribution in [0.2, 0.25) is 0 Å². The Morgan fingerprint density at radius 3 is 2.75 bits per heavy atom. The Morgan fingerprint density at radius 2 is 2.38 bits per heavy atom. The van der Waals surface area contributed by atoms with Crippen LogP contribution in [0, 0.1) is 0 Å². The first-order valence-electron chi connectivity index (χ1n) is 2.17. The first-order chi connectivity index (χ1) is 3.81. The maximum atomic E-state index is 10.2. The molecule has 0 heterocycles. The number of esters is 1. The van der Waals surface area contributed by atoms with Gasteiger partial charge in [0.05, 0.1) is 13.5 Å². The van der Waals surface area contributed by atoms with Gasteiger partial charge in [-0.25, -0.2) is 0 Å². The van der Waals surface area contributed by atoms with Gasteiger partial charge < -0.3 is 4.74 Å². The third kappa shape index (κ3) is 3.75. The Hall–Kier alpha value is -0.430. The molecule has 4 heteroatoms. The molecular formula is C4H7O3P. The molecule has 0 saturated carbocycles. The Morgan fingerprint density at radius 1 is 1.75 bits per heavy atom. The summed E-state index contributed by atoms with van der Waals surface area (Å²) in [4.78, 5) is 10.2. The number of carbonyl (C=O) groups is 1. The van der Waals surface area contributed by atoms with E-state index in [2.05, 4.69) is 4.74 Å². The number of methoxy groups -OCH3 is 1. The second kappa shape index (κ2) is 4.72. The standard InChI is InChI=1S/C4H7O3P/c1-7-4(5)2-3-8-6/h2-3H2,1H3. The van der Waals surface area contributed by atoms with Gasteiger partial charge in [0.15, 0.2) is 8.46 Å². The van der Waals surface area contributed by atoms with Crippen LogP contribution in [0.4, 0.5) is 0 Å². The fourth-order valence-electron chi connectivity index (χ4n) is 0.239. The highest BCUT2D eigenvalue weighted by Gasteiger charge is 1.96. The molecule has 0 radical (unpaired) electrons. The van der Waals surface area contributed by atoms with E-state index in [4.69, 9.17) is 0 Å². The van der Waals surface area contributed by atoms with E-state index < -0.39 is 0 Å². The third-order valence-corrected chi connectivity index (χ3v) is 1.04. The predicted molar refractivity (Wildman–Crippen MR) is 29.1 cm³/mol. The molecule has 0 aliphatic rings. The van der Waals surface area contributed by atoms with Crippen molar-refractivity contribution in [3.63, 3.8) is 0 Å². The van der Waals surface area contributed by atoms with Gasteiger partial charge in [-0.05, 0) is 0 Å². The molecule has 0 saturated heterocycles. The smallest absolute Gasteiger partial charge is 0.306 e. The summed E-state index contributed by atoms with van der Waals surface area (Å²) in [7, 11) is 1.31. The van der Waals surface area contributed by atoms with Gasteiger partial charge in [0.25, 0.3) is 0 Å². The van der Waals surface area contributed by atoms with Crippen LogP contribution in [0.15, 0.2) is 0 Å². The average molecular weight is 134 g/mol. The van der Waals surface area contributed by atoms with Crippen molar-refractivity contribution in [2.45, 2.75) is 6.42 Å². The highest BCUT2D eigenvalue weighted by atomic mass is 31.1. The second-order valence-corrected chi connectivity index (χ2v) is 1.88. The Bertz CT molecular complexity index is 91.3. The van der Waals surface area contributed by atoms with Crippen LogP contribution in [-0.4, -0.2) is 19.2 Å². The topological polar surface area (TPSA) is 43.4 Å². The van der Waals surface area contributed by atoms with Crippen LogP contribution in [-0.2, 0) is 14.1 Å². The lowest BCUT2D eigenvalue weighted by molar-refractivity contribution is -0.140. The van der Waals surface area contributed by atoms with E-state index in [9.17, 15) is 9.36 Å². The minimum absolute atomic E-state index is 0.00137. The molecule has 0 aromatic heterocycles. The monoisotopic (exact) mass is 134 g/mol. The van der Waals surface area contributed by atoms with E-state index in [1.807, 2.05) is 0 Å². The molecule has 0 bridgehead atoms. The molecule has 3 nitrogen and oxygen atoms in total. The van der Waals surface area contributed by atoms with E-state index in [1.54, 1.807) is 0 Å². The summed E-state index contributed by atoms with van der Waals surface area (Å²) in [6.45, 7) is 0. The zero-order valence-corrected chi connectivity index (χ0v) is 5.48. The molecular weight excluding hydrogens is 127 g/mol. The number of rotatable bonds is 3. The van der Waals surface area contributed by atoms with Crippen LogP contribution in [0.25, 0.3) is 0 Å². The Kier molecular flexibility index (Phi) is 4.47. The van der Waals surface area contributed by atoms with Crippen molar-refractivity contribution in [3.05, 3.63) is 0 Å². The third-order valence-electron chi connectivity index (χ3n) is 0.635. The van der Waals surface area contributed by atoms with Crippen molar-refractivity contribution in [1.29, 1.82) is 0 Å². The lowest BCUT2D eigenvalue weighted by Crippen LogP contribution is -1.99. The molecule has 0 fully saturated rings. The van der Waals surface area contributed by atoms with E-state index in [0.717, 1.165) is 0 Å². The van der Waals surface area contributed by atoms with Crippen molar-refractivity contribution in [2.75, 3.05) is 13.3 Å². The largest absolute Gasteiger partial charge is 0.469 e. The first kappa shape index (κ1) is 7.57. The highest BCUT2D eigenvalue weighted by Crippen LogP contribution is 1.95. The molecule has 0 aliphatic carbocycles. The molecule has 0 N–H and O–H groups in total. The molecule has 0 rings (SSSR count). The predicted octanol–water partition coefficient (Wildman–Crippen LogP) is 0.841. The lowest BCUT2D eigenvalue weighted by atomic mass is 10.5. The Labute approximate surface area is 49.2 Å². The van der Waals surface area contributed by atoms with Crippen LogP contribution in [0.5, 0.6) is 0 Å². The molecule has 0 spiro atoms. The van der Waals surface area contributed by atoms with E-state index >= 15 is 0 Å². The van der Waals surface area contributed by atoms with E-state index in [-0.39, 0.29) is 20.9 Å². The average Bonchev–Trinajstić information content (AvgIpc) is 1.83. The maximum Gasteiger partial charge on any atom is 0.306 e. The number of hydrogen-bond donors (Lipinski definition) is 0. The SMILES string of the molecule is COC(=O)CCP=O. The summed E-state index contributed by atoms with van der Waals surface area (Å²) in [5.74, 6) is -0.312. The molecule has 0 unspecified atom stereocenters. The Balaban J connectivity index is 3.11. The van der Waals surface area contributed by atoms with Crippen LogP contribution >= 0.6 is 8.46 Å². The molecule has 0 aliphatic heterocycles. The number of carbonyl (C=O) groups excluding carboxylic acids is 1. The summed E-state index contributed by atoms with van der Waals surface area (Å²) >= 11 is 0. The summed E-state index contributed by atoms with van der Waals surface area (Å²) in [5, 5.41) is 0. The zero-order valence-electron chi connectivity index (χ0n) is 4.59. The fourth-order valence-corrected chi connectivity index (χ4v) is 0.513. The van der Waals surface area contributed by atoms with Gasteiger partial charge in [0.2, 0.25) is 0 Å². The maximum absolute atomic E-state index is 10.2. The minimum Gasteiger partial charge on any atom is -0.469 e. The van der Waals surface area contributed by atoms with Crippen molar-refractivity contribution in [3.8, 4) is 0 Å². The number of hydrogen-bond acceptors (Lipinski definition) is 3. The van der Waals surface area contributed by atoms with Crippen LogP contribution < -0.4 is 0 Å². The summed E-state index contributed by atoms with van der Waals surface area (Å²) in [6, 6.07) is 0. The second-order valence-electron chi connectivity index (χ2n) is 1.18. The van der Waals surface area contributed by atoms with Gasteiger partial charge in [0, 0.05) is 6.16 Å². The van der Waals surface area contributed by atoms with Crippen molar-refractivity contribution >= 4 is 14.4 Å². The van der Waals surface area contributed by atoms with Crippen molar-refractivity contribution in [2.24, 2.45) is 0 Å². The highest BCUT2D eigenvalue weighted by molar-refractivity contribution is 7.23. The molecule has 8 heavy (non-hydrogen) atoms. The van der Waals surface area contributed by atoms with Gasteiger partial charge in [0.1, 0.15) is 0 Å². The molecule has 46 valence electrons. The van der Waals surface area contributed by atoms with Gasteiger partial charge in [-0.2, -0.15) is 0 Å². The molecule has 0 atom stereocenters. The number of ether oxygens (including phenoxy) is 1. The van der Waals surface area contributed by atoms with E-state index in [1.165, 1.54) is 7.11 Å². The first-order valence-corrected chi connectivity index (χ1v) is 3.17. The quantitative estimate of drug-likeness (QED) is 0.424.